The van der Waals surface area contributed by atoms with E-state index >= 15 is 0 Å². The quantitative estimate of drug-likeness (QED) is 0.775. The fraction of sp³-hybridized carbons (Fsp3) is 0.700. The van der Waals surface area contributed by atoms with Crippen LogP contribution in [0.2, 0.25) is 0 Å². The minimum Gasteiger partial charge on any atom is -0.382 e. The van der Waals surface area contributed by atoms with Gasteiger partial charge in [-0.15, -0.1) is 0 Å². The standard InChI is InChI=1S/C10H19N3O/c1-8(7-14-4)13-6-10(5-12-13)9(2)11-3/h5-6,8-9,11H,7H2,1-4H3. The van der Waals surface area contributed by atoms with Gasteiger partial charge in [0.2, 0.25) is 0 Å². The number of nitrogens with zero attached hydrogens (tertiary/aromatic N) is 2. The molecule has 0 saturated carbocycles. The van der Waals surface area contributed by atoms with Gasteiger partial charge in [0.25, 0.3) is 0 Å². The molecular formula is C10H19N3O. The molecule has 0 fully saturated rings. The molecular weight excluding hydrogens is 178 g/mol. The predicted octanol–water partition coefficient (Wildman–Crippen LogP) is 1.37. The van der Waals surface area contributed by atoms with Crippen molar-refractivity contribution in [3.63, 3.8) is 0 Å². The van der Waals surface area contributed by atoms with E-state index in [0.717, 1.165) is 0 Å². The Morgan fingerprint density at radius 2 is 2.29 bits per heavy atom. The first-order valence-electron chi connectivity index (χ1n) is 4.89. The lowest BCUT2D eigenvalue weighted by Gasteiger charge is -2.10. The molecule has 0 amide bonds. The highest BCUT2D eigenvalue weighted by Gasteiger charge is 2.09. The van der Waals surface area contributed by atoms with Gasteiger partial charge in [0.15, 0.2) is 0 Å². The molecule has 1 N–H and O–H groups in total. The zero-order valence-corrected chi connectivity index (χ0v) is 9.32. The van der Waals surface area contributed by atoms with E-state index in [2.05, 4.69) is 30.5 Å². The smallest absolute Gasteiger partial charge is 0.0724 e. The molecule has 0 spiro atoms. The van der Waals surface area contributed by atoms with Crippen molar-refractivity contribution >= 4 is 0 Å². The van der Waals surface area contributed by atoms with Crippen LogP contribution < -0.4 is 5.32 Å². The van der Waals surface area contributed by atoms with Crippen LogP contribution in [0.5, 0.6) is 0 Å². The molecule has 1 rings (SSSR count). The van der Waals surface area contributed by atoms with Crippen molar-refractivity contribution in [2.24, 2.45) is 0 Å². The fourth-order valence-corrected chi connectivity index (χ4v) is 1.30. The van der Waals surface area contributed by atoms with Crippen LogP contribution in [-0.4, -0.2) is 30.5 Å². The largest absolute Gasteiger partial charge is 0.382 e. The molecule has 2 unspecified atom stereocenters. The molecule has 0 radical (unpaired) electrons. The molecule has 0 aromatic carbocycles. The minimum atomic E-state index is 0.290. The van der Waals surface area contributed by atoms with E-state index in [9.17, 15) is 0 Å². The summed E-state index contributed by atoms with van der Waals surface area (Å²) in [5.41, 5.74) is 1.20. The Labute approximate surface area is 85.3 Å². The maximum Gasteiger partial charge on any atom is 0.0724 e. The number of hydrogen-bond acceptors (Lipinski definition) is 3. The van der Waals surface area contributed by atoms with E-state index in [4.69, 9.17) is 4.74 Å². The molecule has 0 aliphatic carbocycles. The molecule has 0 bridgehead atoms. The Bertz CT molecular complexity index is 272. The highest BCUT2D eigenvalue weighted by molar-refractivity contribution is 5.09. The van der Waals surface area contributed by atoms with Gasteiger partial charge in [-0.05, 0) is 20.9 Å². The van der Waals surface area contributed by atoms with Crippen molar-refractivity contribution in [1.29, 1.82) is 0 Å². The van der Waals surface area contributed by atoms with Gasteiger partial charge >= 0.3 is 0 Å². The topological polar surface area (TPSA) is 39.1 Å². The number of hydrogen-bond donors (Lipinski definition) is 1. The summed E-state index contributed by atoms with van der Waals surface area (Å²) in [6, 6.07) is 0.635. The molecule has 4 heteroatoms. The Morgan fingerprint density at radius 3 is 2.86 bits per heavy atom. The maximum absolute atomic E-state index is 5.08. The van der Waals surface area contributed by atoms with E-state index < -0.39 is 0 Å². The molecule has 80 valence electrons. The van der Waals surface area contributed by atoms with E-state index in [0.29, 0.717) is 12.6 Å². The number of aromatic nitrogens is 2. The van der Waals surface area contributed by atoms with Crippen LogP contribution in [0.15, 0.2) is 12.4 Å². The SMILES string of the molecule is CNC(C)c1cnn(C(C)COC)c1. The Morgan fingerprint density at radius 1 is 1.57 bits per heavy atom. The molecule has 1 aromatic heterocycles. The van der Waals surface area contributed by atoms with E-state index in [1.54, 1.807) is 7.11 Å². The Balaban J connectivity index is 2.67. The van der Waals surface area contributed by atoms with Crippen LogP contribution in [0.1, 0.15) is 31.5 Å². The summed E-state index contributed by atoms with van der Waals surface area (Å²) in [4.78, 5) is 0. The van der Waals surface area contributed by atoms with Gasteiger partial charge in [-0.1, -0.05) is 0 Å². The average Bonchev–Trinajstić information content (AvgIpc) is 2.66. The van der Waals surface area contributed by atoms with Gasteiger partial charge in [0.1, 0.15) is 0 Å². The first kappa shape index (κ1) is 11.2. The minimum absolute atomic E-state index is 0.290. The molecule has 1 aromatic rings. The maximum atomic E-state index is 5.08. The van der Waals surface area contributed by atoms with Crippen LogP contribution in [0.3, 0.4) is 0 Å². The summed E-state index contributed by atoms with van der Waals surface area (Å²) >= 11 is 0. The Hall–Kier alpha value is -0.870. The lowest BCUT2D eigenvalue weighted by atomic mass is 10.2. The molecule has 0 aliphatic rings. The van der Waals surface area contributed by atoms with E-state index in [1.807, 2.05) is 17.9 Å². The highest BCUT2D eigenvalue weighted by Crippen LogP contribution is 2.13. The number of methoxy groups -OCH3 is 1. The summed E-state index contributed by atoms with van der Waals surface area (Å²) in [5.74, 6) is 0. The normalized spacial score (nSPS) is 15.4. The summed E-state index contributed by atoms with van der Waals surface area (Å²) in [7, 11) is 3.65. The predicted molar refractivity (Wildman–Crippen MR) is 56.3 cm³/mol. The van der Waals surface area contributed by atoms with Crippen LogP contribution in [0, 0.1) is 0 Å². The van der Waals surface area contributed by atoms with Gasteiger partial charge in [-0.25, -0.2) is 0 Å². The zero-order valence-electron chi connectivity index (χ0n) is 9.32. The number of ether oxygens (including phenoxy) is 1. The third kappa shape index (κ3) is 2.56. The first-order chi connectivity index (χ1) is 6.69. The third-order valence-electron chi connectivity index (χ3n) is 2.41. The summed E-state index contributed by atoms with van der Waals surface area (Å²) in [6.45, 7) is 4.89. The van der Waals surface area contributed by atoms with Crippen LogP contribution >= 0.6 is 0 Å². The molecule has 1 heterocycles. The fourth-order valence-electron chi connectivity index (χ4n) is 1.30. The molecule has 0 saturated heterocycles. The summed E-state index contributed by atoms with van der Waals surface area (Å²) in [6.07, 6.45) is 3.96. The van der Waals surface area contributed by atoms with Crippen molar-refractivity contribution in [1.82, 2.24) is 15.1 Å². The second kappa shape index (κ2) is 5.12. The van der Waals surface area contributed by atoms with Gasteiger partial charge in [-0.2, -0.15) is 5.10 Å². The van der Waals surface area contributed by atoms with E-state index in [-0.39, 0.29) is 6.04 Å². The van der Waals surface area contributed by atoms with E-state index in [1.165, 1.54) is 5.56 Å². The molecule has 2 atom stereocenters. The summed E-state index contributed by atoms with van der Waals surface area (Å²) < 4.78 is 7.01. The lowest BCUT2D eigenvalue weighted by Crippen LogP contribution is -2.13. The lowest BCUT2D eigenvalue weighted by molar-refractivity contribution is 0.157. The molecule has 4 nitrogen and oxygen atoms in total. The second-order valence-electron chi connectivity index (χ2n) is 3.57. The van der Waals surface area contributed by atoms with Gasteiger partial charge in [0, 0.05) is 24.9 Å². The monoisotopic (exact) mass is 197 g/mol. The van der Waals surface area contributed by atoms with Gasteiger partial charge < -0.3 is 10.1 Å². The van der Waals surface area contributed by atoms with Crippen molar-refractivity contribution in [2.75, 3.05) is 20.8 Å². The highest BCUT2D eigenvalue weighted by atomic mass is 16.5. The third-order valence-corrected chi connectivity index (χ3v) is 2.41. The van der Waals surface area contributed by atoms with Crippen molar-refractivity contribution < 1.29 is 4.74 Å². The zero-order chi connectivity index (χ0) is 10.6. The van der Waals surface area contributed by atoms with Gasteiger partial charge in [-0.3, -0.25) is 4.68 Å². The van der Waals surface area contributed by atoms with Gasteiger partial charge in [0.05, 0.1) is 18.8 Å². The van der Waals surface area contributed by atoms with Crippen molar-refractivity contribution in [2.45, 2.75) is 25.9 Å². The van der Waals surface area contributed by atoms with Crippen LogP contribution in [0.25, 0.3) is 0 Å². The second-order valence-corrected chi connectivity index (χ2v) is 3.57. The molecule has 0 aliphatic heterocycles. The Kier molecular flexibility index (Phi) is 4.10. The first-order valence-corrected chi connectivity index (χ1v) is 4.89. The van der Waals surface area contributed by atoms with Crippen LogP contribution in [-0.2, 0) is 4.74 Å². The average molecular weight is 197 g/mol. The number of nitrogens with one attached hydrogen (secondary N) is 1. The van der Waals surface area contributed by atoms with Crippen LogP contribution in [0.4, 0.5) is 0 Å². The summed E-state index contributed by atoms with van der Waals surface area (Å²) in [5, 5.41) is 7.48. The number of rotatable bonds is 5. The molecule has 14 heavy (non-hydrogen) atoms. The van der Waals surface area contributed by atoms with Crippen molar-refractivity contribution in [3.8, 4) is 0 Å². The van der Waals surface area contributed by atoms with Crippen molar-refractivity contribution in [3.05, 3.63) is 18.0 Å².